The average Bonchev–Trinajstić information content (AvgIpc) is 2.97. The van der Waals surface area contributed by atoms with Gasteiger partial charge in [0.05, 0.1) is 23.6 Å². The molecule has 11 heteroatoms. The minimum absolute atomic E-state index is 0.291. The van der Waals surface area contributed by atoms with Crippen LogP contribution < -0.4 is 10.2 Å². The average molecular weight is 628 g/mol. The molecule has 1 aliphatic rings. The van der Waals surface area contributed by atoms with E-state index in [-0.39, 0.29) is 6.09 Å². The molecule has 3 aromatic rings. The first-order valence-corrected chi connectivity index (χ1v) is 16.0. The third kappa shape index (κ3) is 9.42. The molecule has 0 bridgehead atoms. The summed E-state index contributed by atoms with van der Waals surface area (Å²) in [6.07, 6.45) is 1.35. The monoisotopic (exact) mass is 627 g/mol. The summed E-state index contributed by atoms with van der Waals surface area (Å²) < 4.78 is 44.6. The number of carbonyl (C=O) groups is 1. The van der Waals surface area contributed by atoms with E-state index in [1.807, 2.05) is 39.0 Å². The van der Waals surface area contributed by atoms with Gasteiger partial charge in [0.25, 0.3) is 0 Å². The number of unbranched alkanes of at least 4 members (excludes halogenated alkanes) is 3. The van der Waals surface area contributed by atoms with Crippen molar-refractivity contribution in [1.29, 1.82) is 5.26 Å². The number of piperazine rings is 1. The Morgan fingerprint density at radius 2 is 1.77 bits per heavy atom. The predicted octanol–water partition coefficient (Wildman–Crippen LogP) is 8.14. The Morgan fingerprint density at radius 3 is 2.48 bits per heavy atom. The van der Waals surface area contributed by atoms with E-state index in [9.17, 15) is 23.2 Å². The number of nitrogens with one attached hydrogen (secondary N) is 1. The maximum absolute atomic E-state index is 13.0. The molecule has 2 aromatic carbocycles. The second-order valence-corrected chi connectivity index (χ2v) is 13.0. The number of amides is 1. The Morgan fingerprint density at radius 1 is 1.02 bits per heavy atom. The maximum atomic E-state index is 13.0. The van der Waals surface area contributed by atoms with Crippen LogP contribution in [0.2, 0.25) is 0 Å². The van der Waals surface area contributed by atoms with Gasteiger partial charge < -0.3 is 19.9 Å². The van der Waals surface area contributed by atoms with Crippen molar-refractivity contribution in [2.24, 2.45) is 0 Å². The lowest BCUT2D eigenvalue weighted by atomic mass is 10.1. The number of hydrogen-bond donors (Lipinski definition) is 1. The summed E-state index contributed by atoms with van der Waals surface area (Å²) >= 11 is 1.65. The third-order valence-corrected chi connectivity index (χ3v) is 8.47. The molecule has 1 aliphatic heterocycles. The minimum Gasteiger partial charge on any atom is -0.444 e. The number of benzene rings is 2. The first-order valence-electron chi connectivity index (χ1n) is 15.0. The fourth-order valence-electron chi connectivity index (χ4n) is 5.11. The Bertz CT molecular complexity index is 1460. The van der Waals surface area contributed by atoms with E-state index in [0.717, 1.165) is 77.3 Å². The fourth-order valence-corrected chi connectivity index (χ4v) is 6.16. The number of rotatable bonds is 11. The zero-order chi connectivity index (χ0) is 31.7. The van der Waals surface area contributed by atoms with E-state index in [0.29, 0.717) is 38.1 Å². The number of fused-ring (bicyclic) bond motifs is 1. The van der Waals surface area contributed by atoms with E-state index in [1.165, 1.54) is 6.07 Å². The fraction of sp³-hybridized carbons (Fsp3) is 0.485. The smallest absolute Gasteiger partial charge is 0.416 e. The molecule has 0 unspecified atom stereocenters. The predicted molar refractivity (Wildman–Crippen MR) is 170 cm³/mol. The van der Waals surface area contributed by atoms with Gasteiger partial charge in [-0.15, -0.1) is 11.8 Å². The highest BCUT2D eigenvalue weighted by atomic mass is 32.2. The van der Waals surface area contributed by atoms with Crippen molar-refractivity contribution < 1.29 is 22.7 Å². The minimum atomic E-state index is -4.38. The molecule has 0 aliphatic carbocycles. The van der Waals surface area contributed by atoms with Crippen LogP contribution >= 0.6 is 11.8 Å². The third-order valence-electron chi connectivity index (χ3n) is 7.31. The first-order chi connectivity index (χ1) is 20.9. The van der Waals surface area contributed by atoms with Crippen LogP contribution in [0.1, 0.15) is 57.6 Å². The summed E-state index contributed by atoms with van der Waals surface area (Å²) in [5.74, 6) is 0.887. The molecule has 1 saturated heterocycles. The molecule has 236 valence electrons. The normalized spacial score (nSPS) is 14.0. The molecule has 44 heavy (non-hydrogen) atoms. The quantitative estimate of drug-likeness (QED) is 0.170. The highest BCUT2D eigenvalue weighted by molar-refractivity contribution is 7.99. The van der Waals surface area contributed by atoms with Crippen molar-refractivity contribution in [2.75, 3.05) is 48.7 Å². The number of halogens is 3. The van der Waals surface area contributed by atoms with Gasteiger partial charge in [-0.05, 0) is 81.3 Å². The lowest BCUT2D eigenvalue weighted by Crippen LogP contribution is -2.50. The number of pyridine rings is 1. The highest BCUT2D eigenvalue weighted by Crippen LogP contribution is 2.34. The summed E-state index contributed by atoms with van der Waals surface area (Å²) in [4.78, 5) is 21.4. The van der Waals surface area contributed by atoms with E-state index in [2.05, 4.69) is 27.3 Å². The van der Waals surface area contributed by atoms with Crippen LogP contribution in [0.3, 0.4) is 0 Å². The molecule has 4 rings (SSSR count). The number of hydrogen-bond acceptors (Lipinski definition) is 7. The van der Waals surface area contributed by atoms with Crippen molar-refractivity contribution in [3.63, 3.8) is 0 Å². The van der Waals surface area contributed by atoms with Gasteiger partial charge in [-0.25, -0.2) is 4.79 Å². The molecule has 0 saturated carbocycles. The Kier molecular flexibility index (Phi) is 11.2. The van der Waals surface area contributed by atoms with Crippen LogP contribution in [0.4, 0.5) is 29.3 Å². The van der Waals surface area contributed by atoms with Gasteiger partial charge in [-0.1, -0.05) is 18.9 Å². The number of carbonyl (C=O) groups excluding carboxylic acids is 1. The zero-order valence-electron chi connectivity index (χ0n) is 25.5. The van der Waals surface area contributed by atoms with Gasteiger partial charge in [0.15, 0.2) is 0 Å². The molecular formula is C33H40F3N5O2S. The molecular weight excluding hydrogens is 587 g/mol. The van der Waals surface area contributed by atoms with Crippen molar-refractivity contribution in [2.45, 2.75) is 69.5 Å². The lowest BCUT2D eigenvalue weighted by molar-refractivity contribution is -0.137. The van der Waals surface area contributed by atoms with Crippen LogP contribution in [0.5, 0.6) is 0 Å². The Balaban J connectivity index is 1.18. The topological polar surface area (TPSA) is 81.5 Å². The second-order valence-electron chi connectivity index (χ2n) is 11.9. The number of nitriles is 1. The molecule has 0 radical (unpaired) electrons. The van der Waals surface area contributed by atoms with Gasteiger partial charge in [0, 0.05) is 60.6 Å². The van der Waals surface area contributed by atoms with E-state index < -0.39 is 17.3 Å². The lowest BCUT2D eigenvalue weighted by Gasteiger charge is -2.37. The number of alkyl halides is 3. The van der Waals surface area contributed by atoms with Gasteiger partial charge in [0.1, 0.15) is 5.60 Å². The molecule has 2 heterocycles. The van der Waals surface area contributed by atoms with Crippen LogP contribution in [0.15, 0.2) is 53.6 Å². The van der Waals surface area contributed by atoms with E-state index in [4.69, 9.17) is 4.74 Å². The van der Waals surface area contributed by atoms with E-state index in [1.54, 1.807) is 22.9 Å². The van der Waals surface area contributed by atoms with Crippen LogP contribution in [0, 0.1) is 11.3 Å². The number of thioether (sulfide) groups is 1. The van der Waals surface area contributed by atoms with Crippen LogP contribution in [-0.2, 0) is 17.3 Å². The van der Waals surface area contributed by atoms with Gasteiger partial charge in [-0.3, -0.25) is 4.98 Å². The Hall–Kier alpha value is -3.65. The standard InChI is InChI=1S/C33H40F3N5O2S/c1-32(2,3)43-31(42)41-19-17-40(18-20-41)29-11-9-26(22-24(29)12-14-37)38-15-6-4-5-7-21-44-30-13-16-39-28-23-25(33(34,35)36)8-10-27(28)30/h8-11,13,16,22-23,38H,4-7,12,15,17-21H2,1-3H3. The van der Waals surface area contributed by atoms with Crippen LogP contribution in [0.25, 0.3) is 10.9 Å². The zero-order valence-corrected chi connectivity index (χ0v) is 26.4. The van der Waals surface area contributed by atoms with E-state index >= 15 is 0 Å². The number of aromatic nitrogens is 1. The second kappa shape index (κ2) is 14.9. The van der Waals surface area contributed by atoms with Gasteiger partial charge in [0.2, 0.25) is 0 Å². The summed E-state index contributed by atoms with van der Waals surface area (Å²) in [5, 5.41) is 13.7. The molecule has 7 nitrogen and oxygen atoms in total. The number of anilines is 2. The summed E-state index contributed by atoms with van der Waals surface area (Å²) in [6.45, 7) is 8.91. The molecule has 0 spiro atoms. The van der Waals surface area contributed by atoms with Crippen molar-refractivity contribution in [3.05, 3.63) is 59.8 Å². The largest absolute Gasteiger partial charge is 0.444 e. The number of ether oxygens (including phenoxy) is 1. The van der Waals surface area contributed by atoms with Crippen molar-refractivity contribution >= 4 is 40.1 Å². The summed E-state index contributed by atoms with van der Waals surface area (Å²) in [5.41, 5.74) is 2.15. The van der Waals surface area contributed by atoms with Gasteiger partial charge in [-0.2, -0.15) is 18.4 Å². The molecule has 1 amide bonds. The van der Waals surface area contributed by atoms with Crippen LogP contribution in [-0.4, -0.2) is 60.1 Å². The molecule has 0 atom stereocenters. The summed E-state index contributed by atoms with van der Waals surface area (Å²) in [7, 11) is 0. The summed E-state index contributed by atoms with van der Waals surface area (Å²) in [6, 6.07) is 14.0. The Labute approximate surface area is 261 Å². The van der Waals surface area contributed by atoms with Crippen molar-refractivity contribution in [1.82, 2.24) is 9.88 Å². The SMILES string of the molecule is CC(C)(C)OC(=O)N1CCN(c2ccc(NCCCCCCSc3ccnc4cc(C(F)(F)F)ccc34)cc2CC#N)CC1. The highest BCUT2D eigenvalue weighted by Gasteiger charge is 2.31. The van der Waals surface area contributed by atoms with Crippen molar-refractivity contribution in [3.8, 4) is 6.07 Å². The molecule has 1 fully saturated rings. The van der Waals surface area contributed by atoms with Gasteiger partial charge >= 0.3 is 12.3 Å². The maximum Gasteiger partial charge on any atom is 0.416 e. The number of nitrogens with zero attached hydrogens (tertiary/aromatic N) is 4. The molecule has 1 N–H and O–H groups in total. The first kappa shape index (κ1) is 33.2. The molecule has 1 aromatic heterocycles.